The van der Waals surface area contributed by atoms with Crippen molar-refractivity contribution in [3.05, 3.63) is 59.2 Å². The fraction of sp³-hybridized carbons (Fsp3) is 0.333. The largest absolute Gasteiger partial charge is 0.483 e. The van der Waals surface area contributed by atoms with Crippen LogP contribution in [0.4, 0.5) is 5.69 Å². The maximum atomic E-state index is 12.2. The molecule has 0 aliphatic carbocycles. The second-order valence-electron chi connectivity index (χ2n) is 6.92. The maximum Gasteiger partial charge on any atom is 0.276 e. The number of nitrogens with zero attached hydrogens (tertiary/aromatic N) is 1. The molecule has 6 heteroatoms. The van der Waals surface area contributed by atoms with E-state index in [-0.39, 0.29) is 12.5 Å². The summed E-state index contributed by atoms with van der Waals surface area (Å²) in [4.78, 5) is 26.1. The van der Waals surface area contributed by atoms with Gasteiger partial charge in [-0.1, -0.05) is 32.0 Å². The molecule has 0 unspecified atom stereocenters. The van der Waals surface area contributed by atoms with E-state index in [0.717, 1.165) is 16.8 Å². The highest BCUT2D eigenvalue weighted by Gasteiger charge is 2.10. The van der Waals surface area contributed by atoms with Gasteiger partial charge < -0.3 is 9.64 Å². The molecular weight excluding hydrogens is 342 g/mol. The topological polar surface area (TPSA) is 70.7 Å². The highest BCUT2D eigenvalue weighted by atomic mass is 16.5. The lowest BCUT2D eigenvalue weighted by Crippen LogP contribution is -2.43. The van der Waals surface area contributed by atoms with Crippen LogP contribution in [-0.2, 0) is 4.79 Å². The van der Waals surface area contributed by atoms with Crippen LogP contribution in [0.25, 0.3) is 0 Å². The summed E-state index contributed by atoms with van der Waals surface area (Å²) in [5, 5.41) is 0. The lowest BCUT2D eigenvalue weighted by molar-refractivity contribution is -0.123. The first kappa shape index (κ1) is 20.3. The van der Waals surface area contributed by atoms with Crippen molar-refractivity contribution in [3.63, 3.8) is 0 Å². The molecule has 2 N–H and O–H groups in total. The molecule has 0 fully saturated rings. The smallest absolute Gasteiger partial charge is 0.276 e. The Morgan fingerprint density at radius 1 is 1.07 bits per heavy atom. The first-order valence-electron chi connectivity index (χ1n) is 8.88. The average molecular weight is 369 g/mol. The number of carbonyl (C=O) groups is 2. The van der Waals surface area contributed by atoms with E-state index < -0.39 is 5.91 Å². The first-order valence-corrected chi connectivity index (χ1v) is 8.88. The molecule has 27 heavy (non-hydrogen) atoms. The van der Waals surface area contributed by atoms with E-state index in [4.69, 9.17) is 4.74 Å². The molecule has 0 saturated heterocycles. The van der Waals surface area contributed by atoms with Gasteiger partial charge in [-0.15, -0.1) is 0 Å². The van der Waals surface area contributed by atoms with Crippen LogP contribution >= 0.6 is 0 Å². The summed E-state index contributed by atoms with van der Waals surface area (Å²) < 4.78 is 5.61. The third kappa shape index (κ3) is 5.74. The van der Waals surface area contributed by atoms with Crippen LogP contribution in [0.5, 0.6) is 5.75 Å². The molecule has 0 aliphatic rings. The molecule has 144 valence electrons. The van der Waals surface area contributed by atoms with Crippen molar-refractivity contribution in [1.82, 2.24) is 10.9 Å². The Bertz CT molecular complexity index is 816. The van der Waals surface area contributed by atoms with Crippen LogP contribution in [0.2, 0.25) is 0 Å². The Kier molecular flexibility index (Phi) is 6.82. The zero-order chi connectivity index (χ0) is 20.0. The number of hydrazine groups is 1. The van der Waals surface area contributed by atoms with Crippen molar-refractivity contribution in [3.8, 4) is 5.75 Å². The van der Waals surface area contributed by atoms with Gasteiger partial charge in [0.2, 0.25) is 0 Å². The fourth-order valence-electron chi connectivity index (χ4n) is 2.43. The van der Waals surface area contributed by atoms with Crippen LogP contribution in [0, 0.1) is 6.92 Å². The minimum Gasteiger partial charge on any atom is -0.483 e. The lowest BCUT2D eigenvalue weighted by Gasteiger charge is -2.14. The van der Waals surface area contributed by atoms with Crippen molar-refractivity contribution in [2.24, 2.45) is 0 Å². The highest BCUT2D eigenvalue weighted by Crippen LogP contribution is 2.24. The van der Waals surface area contributed by atoms with E-state index in [9.17, 15) is 9.59 Å². The van der Waals surface area contributed by atoms with E-state index in [0.29, 0.717) is 17.2 Å². The Hall–Kier alpha value is -3.02. The van der Waals surface area contributed by atoms with E-state index in [1.165, 1.54) is 0 Å². The number of anilines is 1. The number of ether oxygens (including phenoxy) is 1. The molecule has 0 radical (unpaired) electrons. The van der Waals surface area contributed by atoms with Crippen LogP contribution in [0.15, 0.2) is 42.5 Å². The van der Waals surface area contributed by atoms with Gasteiger partial charge in [-0.2, -0.15) is 0 Å². The molecule has 2 amide bonds. The highest BCUT2D eigenvalue weighted by molar-refractivity contribution is 5.96. The number of benzene rings is 2. The minimum atomic E-state index is -0.429. The van der Waals surface area contributed by atoms with E-state index in [2.05, 4.69) is 30.8 Å². The van der Waals surface area contributed by atoms with Crippen molar-refractivity contribution in [1.29, 1.82) is 0 Å². The zero-order valence-corrected chi connectivity index (χ0v) is 16.5. The Balaban J connectivity index is 1.89. The molecule has 0 aliphatic heterocycles. The summed E-state index contributed by atoms with van der Waals surface area (Å²) in [5.41, 5.74) is 8.25. The van der Waals surface area contributed by atoms with Crippen LogP contribution in [-0.4, -0.2) is 32.5 Å². The van der Waals surface area contributed by atoms with Gasteiger partial charge in [0.25, 0.3) is 11.8 Å². The Labute approximate surface area is 160 Å². The summed E-state index contributed by atoms with van der Waals surface area (Å²) in [7, 11) is 3.79. The molecule has 0 saturated carbocycles. The minimum absolute atomic E-state index is 0.180. The predicted octanol–water partition coefficient (Wildman–Crippen LogP) is 3.02. The van der Waals surface area contributed by atoms with Gasteiger partial charge in [-0.25, -0.2) is 0 Å². The molecule has 2 aromatic carbocycles. The Morgan fingerprint density at radius 2 is 1.81 bits per heavy atom. The second kappa shape index (κ2) is 9.07. The molecule has 0 aromatic heterocycles. The van der Waals surface area contributed by atoms with E-state index >= 15 is 0 Å². The molecule has 0 heterocycles. The molecule has 0 atom stereocenters. The summed E-state index contributed by atoms with van der Waals surface area (Å²) >= 11 is 0. The maximum absolute atomic E-state index is 12.2. The quantitative estimate of drug-likeness (QED) is 0.768. The number of amides is 2. The van der Waals surface area contributed by atoms with Crippen molar-refractivity contribution in [2.75, 3.05) is 25.6 Å². The van der Waals surface area contributed by atoms with Gasteiger partial charge in [0.15, 0.2) is 6.61 Å². The van der Waals surface area contributed by atoms with Gasteiger partial charge in [-0.05, 0) is 48.2 Å². The third-order valence-corrected chi connectivity index (χ3v) is 4.18. The van der Waals surface area contributed by atoms with Gasteiger partial charge in [-0.3, -0.25) is 20.4 Å². The zero-order valence-electron chi connectivity index (χ0n) is 16.5. The number of nitrogens with one attached hydrogen (secondary N) is 2. The van der Waals surface area contributed by atoms with E-state index in [1.54, 1.807) is 18.2 Å². The first-order chi connectivity index (χ1) is 12.8. The second-order valence-corrected chi connectivity index (χ2v) is 6.92. The summed E-state index contributed by atoms with van der Waals surface area (Å²) in [6.07, 6.45) is 0. The number of carbonyl (C=O) groups excluding carboxylic acids is 2. The van der Waals surface area contributed by atoms with Crippen LogP contribution in [0.3, 0.4) is 0 Å². The predicted molar refractivity (Wildman–Crippen MR) is 107 cm³/mol. The number of hydrogen-bond donors (Lipinski definition) is 2. The summed E-state index contributed by atoms with van der Waals surface area (Å²) in [6.45, 7) is 5.95. The number of hydrogen-bond acceptors (Lipinski definition) is 4. The summed E-state index contributed by atoms with van der Waals surface area (Å²) in [5.74, 6) is 0.229. The van der Waals surface area contributed by atoms with Gasteiger partial charge in [0, 0.05) is 25.3 Å². The average Bonchev–Trinajstić information content (AvgIpc) is 2.65. The number of aryl methyl sites for hydroxylation is 1. The molecular formula is C21H27N3O3. The van der Waals surface area contributed by atoms with Crippen molar-refractivity contribution < 1.29 is 14.3 Å². The molecule has 6 nitrogen and oxygen atoms in total. The van der Waals surface area contributed by atoms with Gasteiger partial charge in [0.05, 0.1) is 0 Å². The molecule has 2 aromatic rings. The molecule has 0 bridgehead atoms. The number of rotatable bonds is 6. The normalized spacial score (nSPS) is 10.4. The summed E-state index contributed by atoms with van der Waals surface area (Å²) in [6, 6.07) is 13.1. The van der Waals surface area contributed by atoms with Crippen LogP contribution < -0.4 is 20.5 Å². The van der Waals surface area contributed by atoms with Gasteiger partial charge in [0.1, 0.15) is 5.75 Å². The third-order valence-electron chi connectivity index (χ3n) is 4.18. The van der Waals surface area contributed by atoms with Crippen molar-refractivity contribution in [2.45, 2.75) is 26.7 Å². The SMILES string of the molecule is Cc1ccc(C(C)C)cc1OCC(=O)NNC(=O)c1cccc(N(C)C)c1. The van der Waals surface area contributed by atoms with Crippen LogP contribution in [0.1, 0.15) is 41.3 Å². The monoisotopic (exact) mass is 369 g/mol. The van der Waals surface area contributed by atoms with Gasteiger partial charge >= 0.3 is 0 Å². The molecule has 0 spiro atoms. The molecule has 2 rings (SSSR count). The standard InChI is InChI=1S/C21H27N3O3/c1-14(2)16-10-9-15(3)19(12-16)27-13-20(25)22-23-21(26)17-7-6-8-18(11-17)24(4)5/h6-12,14H,13H2,1-5H3,(H,22,25)(H,23,26). The van der Waals surface area contributed by atoms with E-state index in [1.807, 2.05) is 44.1 Å². The van der Waals surface area contributed by atoms with Crippen molar-refractivity contribution >= 4 is 17.5 Å². The fourth-order valence-corrected chi connectivity index (χ4v) is 2.43. The lowest BCUT2D eigenvalue weighted by atomic mass is 10.0. The Morgan fingerprint density at radius 3 is 2.48 bits per heavy atom.